The minimum Gasteiger partial charge on any atom is -0.358 e. The van der Waals surface area contributed by atoms with Crippen LogP contribution >= 0.6 is 0 Å². The second kappa shape index (κ2) is 5.90. The SMILES string of the molecule is CO[C@]12CC[C@@]3(C)C(CC[C@H]4Cc5c([nH]c6ccccc56)[C@@]43C)C1=CC(=O)C(C)(C)O2. The third-order valence-corrected chi connectivity index (χ3v) is 9.78. The highest BCUT2D eigenvalue weighted by Gasteiger charge is 2.67. The lowest BCUT2D eigenvalue weighted by Gasteiger charge is -2.63. The quantitative estimate of drug-likeness (QED) is 0.668. The fraction of sp³-hybridized carbons (Fsp3) is 0.593. The van der Waals surface area contributed by atoms with Crippen molar-refractivity contribution in [1.82, 2.24) is 4.98 Å². The molecule has 1 N–H and O–H groups in total. The standard InChI is InChI=1S/C27H33NO3/c1-24(2)22(29)15-20-19-11-10-16-14-18-17-8-6-7-9-21(17)28-23(18)26(16,4)25(19,3)12-13-27(20,30-5)31-24/h6-9,15-16,19,28H,10-14H2,1-5H3/t16-,19?,25-,26+,27-/m0/s1. The second-order valence-corrected chi connectivity index (χ2v) is 11.2. The zero-order valence-electron chi connectivity index (χ0n) is 19.3. The van der Waals surface area contributed by atoms with Crippen LogP contribution < -0.4 is 0 Å². The lowest BCUT2D eigenvalue weighted by molar-refractivity contribution is -0.273. The van der Waals surface area contributed by atoms with E-state index in [0.29, 0.717) is 5.92 Å². The third kappa shape index (κ3) is 2.21. The Bertz CT molecular complexity index is 1140. The van der Waals surface area contributed by atoms with Gasteiger partial charge in [-0.25, -0.2) is 0 Å². The zero-order valence-corrected chi connectivity index (χ0v) is 19.3. The van der Waals surface area contributed by atoms with Crippen molar-refractivity contribution in [2.45, 2.75) is 76.6 Å². The molecule has 4 nitrogen and oxygen atoms in total. The third-order valence-electron chi connectivity index (χ3n) is 9.78. The average Bonchev–Trinajstić information content (AvgIpc) is 3.24. The molecular weight excluding hydrogens is 386 g/mol. The number of hydrogen-bond acceptors (Lipinski definition) is 3. The highest BCUT2D eigenvalue weighted by atomic mass is 16.7. The van der Waals surface area contributed by atoms with Crippen LogP contribution in [-0.4, -0.2) is 29.3 Å². The van der Waals surface area contributed by atoms with E-state index < -0.39 is 11.4 Å². The normalized spacial score (nSPS) is 40.7. The number of ether oxygens (including phenoxy) is 2. The average molecular weight is 420 g/mol. The molecule has 0 amide bonds. The van der Waals surface area contributed by atoms with E-state index in [0.717, 1.165) is 31.3 Å². The molecule has 1 aromatic carbocycles. The highest BCUT2D eigenvalue weighted by molar-refractivity contribution is 5.98. The molecule has 2 fully saturated rings. The molecule has 2 aromatic rings. The summed E-state index contributed by atoms with van der Waals surface area (Å²) in [4.78, 5) is 16.8. The Morgan fingerprint density at radius 1 is 1.10 bits per heavy atom. The molecule has 31 heavy (non-hydrogen) atoms. The first kappa shape index (κ1) is 19.8. The van der Waals surface area contributed by atoms with Crippen molar-refractivity contribution in [3.8, 4) is 0 Å². The van der Waals surface area contributed by atoms with E-state index in [1.807, 2.05) is 19.9 Å². The summed E-state index contributed by atoms with van der Waals surface area (Å²) in [6.07, 6.45) is 7.11. The van der Waals surface area contributed by atoms with E-state index in [9.17, 15) is 4.79 Å². The topological polar surface area (TPSA) is 51.3 Å². The summed E-state index contributed by atoms with van der Waals surface area (Å²) in [6, 6.07) is 8.73. The molecule has 2 saturated carbocycles. The van der Waals surface area contributed by atoms with E-state index in [2.05, 4.69) is 43.1 Å². The molecule has 6 rings (SSSR count). The number of nitrogens with one attached hydrogen (secondary N) is 1. The maximum Gasteiger partial charge on any atom is 0.192 e. The zero-order chi connectivity index (χ0) is 21.8. The van der Waals surface area contributed by atoms with Crippen LogP contribution in [0.4, 0.5) is 0 Å². The van der Waals surface area contributed by atoms with Crippen LogP contribution in [0.2, 0.25) is 0 Å². The van der Waals surface area contributed by atoms with Gasteiger partial charge < -0.3 is 14.5 Å². The number of fused-ring (bicyclic) bond motifs is 9. The van der Waals surface area contributed by atoms with E-state index in [1.54, 1.807) is 7.11 Å². The van der Waals surface area contributed by atoms with Gasteiger partial charge in [0.05, 0.1) is 0 Å². The van der Waals surface area contributed by atoms with Crippen molar-refractivity contribution in [1.29, 1.82) is 0 Å². The number of ketones is 1. The molecule has 1 unspecified atom stereocenters. The number of H-pyrrole nitrogens is 1. The van der Waals surface area contributed by atoms with Gasteiger partial charge in [-0.3, -0.25) is 4.79 Å². The second-order valence-electron chi connectivity index (χ2n) is 11.2. The molecule has 1 aliphatic heterocycles. The molecule has 1 aromatic heterocycles. The number of carbonyl (C=O) groups excluding carboxylic acids is 1. The Morgan fingerprint density at radius 3 is 2.65 bits per heavy atom. The smallest absolute Gasteiger partial charge is 0.192 e. The Hall–Kier alpha value is -1.91. The van der Waals surface area contributed by atoms with Crippen LogP contribution in [0.3, 0.4) is 0 Å². The van der Waals surface area contributed by atoms with Crippen LogP contribution in [0.15, 0.2) is 35.9 Å². The molecule has 4 heteroatoms. The van der Waals surface area contributed by atoms with Crippen LogP contribution in [0, 0.1) is 17.3 Å². The maximum atomic E-state index is 13.0. The summed E-state index contributed by atoms with van der Waals surface area (Å²) in [5, 5.41) is 1.38. The van der Waals surface area contributed by atoms with E-state index in [-0.39, 0.29) is 22.5 Å². The number of methoxy groups -OCH3 is 1. The molecule has 2 heterocycles. The van der Waals surface area contributed by atoms with Crippen molar-refractivity contribution in [3.05, 3.63) is 47.2 Å². The van der Waals surface area contributed by atoms with E-state index in [1.165, 1.54) is 28.6 Å². The Morgan fingerprint density at radius 2 is 1.87 bits per heavy atom. The molecule has 5 atom stereocenters. The Kier molecular flexibility index (Phi) is 3.76. The lowest BCUT2D eigenvalue weighted by atomic mass is 9.44. The van der Waals surface area contributed by atoms with Gasteiger partial charge in [0, 0.05) is 35.5 Å². The molecule has 0 bridgehead atoms. The monoisotopic (exact) mass is 419 g/mol. The van der Waals surface area contributed by atoms with Gasteiger partial charge in [-0.1, -0.05) is 32.0 Å². The van der Waals surface area contributed by atoms with Gasteiger partial charge in [0.2, 0.25) is 0 Å². The number of para-hydroxylation sites is 1. The molecule has 0 radical (unpaired) electrons. The summed E-state index contributed by atoms with van der Waals surface area (Å²) in [7, 11) is 1.74. The number of carbonyl (C=O) groups is 1. The van der Waals surface area contributed by atoms with E-state index in [4.69, 9.17) is 9.47 Å². The molecule has 0 saturated heterocycles. The van der Waals surface area contributed by atoms with Crippen LogP contribution in [-0.2, 0) is 26.1 Å². The van der Waals surface area contributed by atoms with Crippen LogP contribution in [0.5, 0.6) is 0 Å². The lowest BCUT2D eigenvalue weighted by Crippen LogP contribution is -2.63. The minimum atomic E-state index is -0.841. The molecule has 4 aliphatic rings. The highest BCUT2D eigenvalue weighted by Crippen LogP contribution is 2.69. The molecular formula is C27H33NO3. The molecule has 0 spiro atoms. The number of hydrogen-bond donors (Lipinski definition) is 1. The fourth-order valence-electron chi connectivity index (χ4n) is 7.83. The van der Waals surface area contributed by atoms with Crippen molar-refractivity contribution in [2.75, 3.05) is 7.11 Å². The van der Waals surface area contributed by atoms with Gasteiger partial charge in [0.1, 0.15) is 5.60 Å². The van der Waals surface area contributed by atoms with Crippen molar-refractivity contribution >= 4 is 16.7 Å². The maximum absolute atomic E-state index is 13.0. The number of benzene rings is 1. The summed E-state index contributed by atoms with van der Waals surface area (Å²) in [5.41, 5.74) is 4.52. The van der Waals surface area contributed by atoms with Gasteiger partial charge in [-0.15, -0.1) is 0 Å². The van der Waals surface area contributed by atoms with Crippen molar-refractivity contribution < 1.29 is 14.3 Å². The first-order valence-electron chi connectivity index (χ1n) is 11.8. The summed E-state index contributed by atoms with van der Waals surface area (Å²) in [6.45, 7) is 8.68. The Balaban J connectivity index is 1.53. The van der Waals surface area contributed by atoms with Gasteiger partial charge >= 0.3 is 0 Å². The predicted octanol–water partition coefficient (Wildman–Crippen LogP) is 5.46. The first-order valence-corrected chi connectivity index (χ1v) is 11.8. The number of rotatable bonds is 1. The summed E-state index contributed by atoms with van der Waals surface area (Å²) < 4.78 is 12.5. The van der Waals surface area contributed by atoms with Crippen molar-refractivity contribution in [2.24, 2.45) is 17.3 Å². The Labute approximate surface area is 184 Å². The molecule has 164 valence electrons. The van der Waals surface area contributed by atoms with Crippen molar-refractivity contribution in [3.63, 3.8) is 0 Å². The van der Waals surface area contributed by atoms with Crippen LogP contribution in [0.25, 0.3) is 10.9 Å². The summed E-state index contributed by atoms with van der Waals surface area (Å²) >= 11 is 0. The number of aromatic nitrogens is 1. The number of aromatic amines is 1. The van der Waals surface area contributed by atoms with Gasteiger partial charge in [-0.05, 0) is 80.1 Å². The van der Waals surface area contributed by atoms with E-state index >= 15 is 0 Å². The van der Waals surface area contributed by atoms with Gasteiger partial charge in [0.15, 0.2) is 11.6 Å². The summed E-state index contributed by atoms with van der Waals surface area (Å²) in [5.74, 6) is 0.198. The van der Waals surface area contributed by atoms with Crippen LogP contribution in [0.1, 0.15) is 64.6 Å². The fourth-order valence-corrected chi connectivity index (χ4v) is 7.83. The predicted molar refractivity (Wildman–Crippen MR) is 121 cm³/mol. The minimum absolute atomic E-state index is 0.0427. The first-order chi connectivity index (χ1) is 14.7. The van der Waals surface area contributed by atoms with Gasteiger partial charge in [-0.2, -0.15) is 0 Å². The largest absolute Gasteiger partial charge is 0.358 e. The molecule has 3 aliphatic carbocycles. The van der Waals surface area contributed by atoms with Gasteiger partial charge in [0.25, 0.3) is 0 Å².